The standard InChI is InChI=1S/2C30H24O4P2.2C4H10O.2CHF3O3S.Ni.4H2O/c2*31-35(27-16-5-1-6-17-27,28-18-7-2-8-19-28)33-25-14-13-15-26(24-25)34-36(32,29-20-9-3-10-21-29)30-22-11-4-12-23-30;2*1-3-5-4-2;2*2-1(3,4)8(5,6)7;;;;;/h2*1-24H;2*3-4H2,1-2H3;2*(H,5,6,7);;4*1H2/q;;;;;;+2;;;;/p+2. The summed E-state index contributed by atoms with van der Waals surface area (Å²) in [6, 6.07) is 86.8. The number of ether oxygens (including phenoxy) is 2. The van der Waals surface area contributed by atoms with Crippen LogP contribution in [0.1, 0.15) is 27.7 Å². The molecule has 0 heterocycles. The maximum Gasteiger partial charge on any atom is 2.00 e. The largest absolute Gasteiger partial charge is 2.00 e. The van der Waals surface area contributed by atoms with Crippen LogP contribution < -0.4 is 60.5 Å². The van der Waals surface area contributed by atoms with Crippen molar-refractivity contribution < 1.29 is 137 Å². The minimum Gasteiger partial charge on any atom is -0.741 e. The van der Waals surface area contributed by atoms with Crippen molar-refractivity contribution in [1.82, 2.24) is 0 Å². The van der Waals surface area contributed by atoms with E-state index in [9.17, 15) is 44.6 Å². The number of alkyl halides is 6. The zero-order chi connectivity index (χ0) is 71.9. The molecule has 0 bridgehead atoms. The van der Waals surface area contributed by atoms with E-state index in [2.05, 4.69) is 0 Å². The van der Waals surface area contributed by atoms with E-state index in [4.69, 9.17) is 53.5 Å². The third-order valence-electron chi connectivity index (χ3n) is 12.7. The van der Waals surface area contributed by atoms with E-state index < -0.39 is 60.7 Å². The smallest absolute Gasteiger partial charge is 0.741 e. The monoisotopic (exact) mass is 1600 g/mol. The van der Waals surface area contributed by atoms with Crippen molar-refractivity contribution in [3.05, 3.63) is 291 Å². The molecular formula is C70H80F6NiO20P4S2+4. The predicted octanol–water partition coefficient (Wildman–Crippen LogP) is 11.1. The van der Waals surface area contributed by atoms with E-state index in [1.165, 1.54) is 0 Å². The Labute approximate surface area is 604 Å². The Hall–Kier alpha value is -8.03. The number of rotatable bonds is 20. The third kappa shape index (κ3) is 28.9. The quantitative estimate of drug-likeness (QED) is 0.0171. The van der Waals surface area contributed by atoms with Crippen molar-refractivity contribution in [2.75, 3.05) is 26.4 Å². The Morgan fingerprint density at radius 2 is 0.408 bits per heavy atom. The van der Waals surface area contributed by atoms with Crippen molar-refractivity contribution in [3.8, 4) is 23.0 Å². The first-order valence-electron chi connectivity index (χ1n) is 29.5. The molecule has 0 amide bonds. The van der Waals surface area contributed by atoms with Gasteiger partial charge in [-0.2, -0.15) is 26.3 Å². The van der Waals surface area contributed by atoms with Crippen LogP contribution in [0, 0.1) is 0 Å². The summed E-state index contributed by atoms with van der Waals surface area (Å²) < 4.78 is 210. The van der Waals surface area contributed by atoms with Gasteiger partial charge in [0.15, 0.2) is 20.2 Å². The van der Waals surface area contributed by atoms with Gasteiger partial charge in [0.05, 0.1) is 42.4 Å². The summed E-state index contributed by atoms with van der Waals surface area (Å²) in [7, 11) is -26.0. The van der Waals surface area contributed by atoms with Crippen LogP contribution >= 0.6 is 29.5 Å². The van der Waals surface area contributed by atoms with E-state index in [0.29, 0.717) is 65.4 Å². The van der Waals surface area contributed by atoms with E-state index in [-0.39, 0.29) is 38.4 Å². The van der Waals surface area contributed by atoms with Gasteiger partial charge in [0.2, 0.25) is 0 Å². The van der Waals surface area contributed by atoms with Gasteiger partial charge >= 0.3 is 57.0 Å². The maximum atomic E-state index is 14.3. The summed E-state index contributed by atoms with van der Waals surface area (Å²) in [4.78, 5) is 0. The van der Waals surface area contributed by atoms with Crippen LogP contribution in [-0.2, 0) is 86.4 Å². The Bertz CT molecular complexity index is 3760. The molecule has 12 N–H and O–H groups in total. The fourth-order valence-electron chi connectivity index (χ4n) is 8.19. The van der Waals surface area contributed by atoms with Crippen LogP contribution in [0.25, 0.3) is 0 Å². The van der Waals surface area contributed by atoms with Crippen molar-refractivity contribution in [2.24, 2.45) is 0 Å². The van der Waals surface area contributed by atoms with Crippen molar-refractivity contribution in [3.63, 3.8) is 0 Å². The first-order chi connectivity index (χ1) is 46.5. The molecule has 10 aromatic rings. The molecule has 0 spiro atoms. The first kappa shape index (κ1) is 95.0. The minimum absolute atomic E-state index is 0. The summed E-state index contributed by atoms with van der Waals surface area (Å²) in [5.74, 6) is 1.43. The molecule has 33 heteroatoms. The molecule has 103 heavy (non-hydrogen) atoms. The van der Waals surface area contributed by atoms with E-state index in [1.54, 1.807) is 146 Å². The third-order valence-corrected chi connectivity index (χ3v) is 23.5. The number of hydrogen-bond acceptors (Lipinski definition) is 16. The molecule has 0 radical (unpaired) electrons. The average Bonchev–Trinajstić information content (AvgIpc) is 0.792. The van der Waals surface area contributed by atoms with Crippen LogP contribution in [0.3, 0.4) is 0 Å². The molecular weight excluding hydrogens is 1520 g/mol. The summed E-state index contributed by atoms with van der Waals surface area (Å²) in [6.07, 6.45) is 0. The summed E-state index contributed by atoms with van der Waals surface area (Å²) >= 11 is 0. The van der Waals surface area contributed by atoms with Gasteiger partial charge < -0.3 is 58.6 Å². The number of hydrogen-bond donors (Lipinski definition) is 0. The van der Waals surface area contributed by atoms with Gasteiger partial charge in [0.25, 0.3) is 0 Å². The Kier molecular flexibility index (Phi) is 41.7. The molecule has 10 aromatic carbocycles. The van der Waals surface area contributed by atoms with Gasteiger partial charge in [-0.05, 0) is 149 Å². The SMILES string of the molecule is CCOCC.CCOCC.O=P(Oc1cccc(OP(=O)(c2ccccc2)c2ccccc2)c1)(c1ccccc1)c1ccccc1.O=P(Oc1cccc(OP(=O)(c2ccccc2)c2ccccc2)c1)(c1ccccc1)c1ccccc1.O=S(=O)([O-])C(F)(F)F.O=S(=O)([O-])C(F)(F)F.[Ni+2].[OH3+].[OH3+].[OH3+].[OH3+]. The molecule has 0 aliphatic carbocycles. The fourth-order valence-corrected chi connectivity index (χ4v) is 16.4. The van der Waals surface area contributed by atoms with Gasteiger partial charge in [0, 0.05) is 38.6 Å². The minimum atomic E-state index is -6.09. The summed E-state index contributed by atoms with van der Waals surface area (Å²) in [5.41, 5.74) is -11.3. The van der Waals surface area contributed by atoms with Crippen LogP contribution in [0.4, 0.5) is 26.3 Å². The van der Waals surface area contributed by atoms with Crippen molar-refractivity contribution in [1.29, 1.82) is 0 Å². The van der Waals surface area contributed by atoms with E-state index >= 15 is 0 Å². The van der Waals surface area contributed by atoms with Gasteiger partial charge in [0.1, 0.15) is 23.0 Å². The normalized spacial score (nSPS) is 11.1. The molecule has 560 valence electrons. The molecule has 0 atom stereocenters. The first-order valence-corrected chi connectivity index (χ1v) is 38.8. The average molecular weight is 1600 g/mol. The van der Waals surface area contributed by atoms with Gasteiger partial charge in [-0.25, -0.2) is 16.8 Å². The zero-order valence-corrected chi connectivity index (χ0v) is 61.8. The van der Waals surface area contributed by atoms with Crippen LogP contribution in [-0.4, -0.2) is 63.4 Å². The predicted molar refractivity (Wildman–Crippen MR) is 390 cm³/mol. The molecule has 20 nitrogen and oxygen atoms in total. The van der Waals surface area contributed by atoms with Crippen molar-refractivity contribution in [2.45, 2.75) is 38.7 Å². The van der Waals surface area contributed by atoms with Gasteiger partial charge in [-0.3, -0.25) is 18.3 Å². The number of halogens is 6. The van der Waals surface area contributed by atoms with Crippen LogP contribution in [0.5, 0.6) is 23.0 Å². The molecule has 0 saturated heterocycles. The second-order valence-corrected chi connectivity index (χ2v) is 31.6. The number of benzene rings is 10. The van der Waals surface area contributed by atoms with Crippen LogP contribution in [0.2, 0.25) is 0 Å². The molecule has 10 rings (SSSR count). The molecule has 0 aliphatic heterocycles. The molecule has 0 aromatic heterocycles. The Morgan fingerprint density at radius 3 is 0.505 bits per heavy atom. The van der Waals surface area contributed by atoms with Gasteiger partial charge in [-0.15, -0.1) is 0 Å². The van der Waals surface area contributed by atoms with E-state index in [1.807, 2.05) is 173 Å². The molecule has 0 saturated carbocycles. The summed E-state index contributed by atoms with van der Waals surface area (Å²) in [5, 5.41) is 4.68. The molecule has 0 fully saturated rings. The molecule has 0 unspecified atom stereocenters. The summed E-state index contributed by atoms with van der Waals surface area (Å²) in [6.45, 7) is 11.3. The topological polar surface area (TPSA) is 370 Å². The van der Waals surface area contributed by atoms with Gasteiger partial charge in [-0.1, -0.05) is 158 Å². The maximum absolute atomic E-state index is 14.3. The molecule has 0 aliphatic rings. The Morgan fingerprint density at radius 1 is 0.282 bits per heavy atom. The second-order valence-electron chi connectivity index (χ2n) is 19.6. The second kappa shape index (κ2) is 45.3. The Balaban J connectivity index is 0.00000145. The zero-order valence-electron chi connectivity index (χ0n) is 55.6. The van der Waals surface area contributed by atoms with Crippen molar-refractivity contribution >= 4 is 92.1 Å². The fraction of sp³-hybridized carbons (Fsp3) is 0.143. The van der Waals surface area contributed by atoms with E-state index in [0.717, 1.165) is 26.4 Å². The van der Waals surface area contributed by atoms with Crippen LogP contribution in [0.15, 0.2) is 291 Å².